The molecule has 0 saturated carbocycles. The van der Waals surface area contributed by atoms with Gasteiger partial charge in [0.05, 0.1) is 11.6 Å². The first-order chi connectivity index (χ1) is 11.4. The van der Waals surface area contributed by atoms with Crippen LogP contribution in [0.4, 0.5) is 13.2 Å². The van der Waals surface area contributed by atoms with E-state index in [1.165, 1.54) is 11.3 Å². The largest absolute Gasteiger partial charge is 0.507 e. The van der Waals surface area contributed by atoms with Gasteiger partial charge in [0.2, 0.25) is 0 Å². The molecular weight excluding hydrogens is 405 g/mol. The monoisotopic (exact) mass is 420 g/mol. The third-order valence-electron chi connectivity index (χ3n) is 4.03. The Labute approximate surface area is 150 Å². The summed E-state index contributed by atoms with van der Waals surface area (Å²) in [6, 6.07) is 5.87. The van der Waals surface area contributed by atoms with Crippen molar-refractivity contribution in [1.82, 2.24) is 10.2 Å². The van der Waals surface area contributed by atoms with E-state index in [1.54, 1.807) is 6.07 Å². The number of alkyl halides is 3. The maximum atomic E-state index is 13.3. The van der Waals surface area contributed by atoms with Gasteiger partial charge >= 0.3 is 6.18 Å². The smallest absolute Gasteiger partial charge is 0.420 e. The number of piperazine rings is 1. The van der Waals surface area contributed by atoms with Crippen molar-refractivity contribution in [2.45, 2.75) is 12.2 Å². The number of thiophene rings is 1. The molecule has 0 spiro atoms. The Balaban J connectivity index is 2.12. The van der Waals surface area contributed by atoms with E-state index in [1.807, 2.05) is 17.5 Å². The molecule has 1 aromatic heterocycles. The van der Waals surface area contributed by atoms with Crippen LogP contribution in [0.1, 0.15) is 22.0 Å². The van der Waals surface area contributed by atoms with Gasteiger partial charge in [-0.25, -0.2) is 0 Å². The van der Waals surface area contributed by atoms with Gasteiger partial charge in [-0.15, -0.1) is 11.3 Å². The summed E-state index contributed by atoms with van der Waals surface area (Å²) in [5, 5.41) is 15.5. The van der Waals surface area contributed by atoms with E-state index in [2.05, 4.69) is 26.1 Å². The van der Waals surface area contributed by atoms with Crippen LogP contribution in [0.25, 0.3) is 0 Å². The van der Waals surface area contributed by atoms with E-state index in [4.69, 9.17) is 0 Å². The second-order valence-corrected chi connectivity index (χ2v) is 7.49. The summed E-state index contributed by atoms with van der Waals surface area (Å²) in [5.74, 6) is -0.692. The summed E-state index contributed by atoms with van der Waals surface area (Å²) in [5.41, 5.74) is -0.732. The molecule has 1 aliphatic rings. The molecule has 2 heterocycles. The van der Waals surface area contributed by atoms with Gasteiger partial charge < -0.3 is 10.4 Å². The lowest BCUT2D eigenvalue weighted by Gasteiger charge is -2.35. The minimum Gasteiger partial charge on any atom is -0.507 e. The molecule has 3 nitrogen and oxygen atoms in total. The van der Waals surface area contributed by atoms with Crippen LogP contribution in [-0.4, -0.2) is 36.2 Å². The fourth-order valence-corrected chi connectivity index (χ4v) is 4.31. The Morgan fingerprint density at radius 3 is 2.54 bits per heavy atom. The van der Waals surface area contributed by atoms with Crippen molar-refractivity contribution in [1.29, 1.82) is 0 Å². The zero-order chi connectivity index (χ0) is 17.3. The van der Waals surface area contributed by atoms with Crippen LogP contribution in [0.5, 0.6) is 5.75 Å². The Hall–Kier alpha value is -1.09. The van der Waals surface area contributed by atoms with Crippen molar-refractivity contribution in [3.8, 4) is 5.75 Å². The van der Waals surface area contributed by atoms with Gasteiger partial charge in [-0.3, -0.25) is 4.90 Å². The number of rotatable bonds is 3. The van der Waals surface area contributed by atoms with E-state index in [-0.39, 0.29) is 5.56 Å². The molecule has 8 heteroatoms. The second-order valence-electron chi connectivity index (χ2n) is 5.59. The Kier molecular flexibility index (Phi) is 5.19. The van der Waals surface area contributed by atoms with Gasteiger partial charge in [0.1, 0.15) is 5.75 Å². The van der Waals surface area contributed by atoms with Crippen LogP contribution in [0, 0.1) is 0 Å². The highest BCUT2D eigenvalue weighted by molar-refractivity contribution is 9.10. The van der Waals surface area contributed by atoms with E-state index in [0.717, 1.165) is 24.0 Å². The SMILES string of the molecule is Oc1c([C@@H](c2cccs2)N2CCNCC2)cc(Br)cc1C(F)(F)F. The first-order valence-corrected chi connectivity index (χ1v) is 9.13. The molecule has 0 amide bonds. The molecule has 1 aromatic carbocycles. The van der Waals surface area contributed by atoms with Crippen molar-refractivity contribution in [3.05, 3.63) is 50.1 Å². The van der Waals surface area contributed by atoms with Crippen molar-refractivity contribution >= 4 is 27.3 Å². The average molecular weight is 421 g/mol. The van der Waals surface area contributed by atoms with Gasteiger partial charge in [0.15, 0.2) is 0 Å². The number of hydrogen-bond donors (Lipinski definition) is 2. The molecule has 0 aliphatic carbocycles. The molecule has 2 N–H and O–H groups in total. The van der Waals surface area contributed by atoms with Crippen molar-refractivity contribution in [2.24, 2.45) is 0 Å². The number of phenolic OH excluding ortho intramolecular Hbond substituents is 1. The van der Waals surface area contributed by atoms with Gasteiger partial charge in [0, 0.05) is 41.1 Å². The number of halogens is 4. The predicted molar refractivity (Wildman–Crippen MR) is 91.4 cm³/mol. The topological polar surface area (TPSA) is 35.5 Å². The molecular formula is C16H16BrF3N2OS. The van der Waals surface area contributed by atoms with E-state index in [0.29, 0.717) is 17.6 Å². The lowest BCUT2D eigenvalue weighted by molar-refractivity contribution is -0.138. The number of phenols is 1. The lowest BCUT2D eigenvalue weighted by Crippen LogP contribution is -2.45. The molecule has 130 valence electrons. The fraction of sp³-hybridized carbons (Fsp3) is 0.375. The first-order valence-electron chi connectivity index (χ1n) is 7.45. The molecule has 2 aromatic rings. The van der Waals surface area contributed by atoms with Crippen molar-refractivity contribution < 1.29 is 18.3 Å². The van der Waals surface area contributed by atoms with Crippen LogP contribution < -0.4 is 5.32 Å². The van der Waals surface area contributed by atoms with Gasteiger partial charge in [-0.2, -0.15) is 13.2 Å². The third kappa shape index (κ3) is 3.61. The van der Waals surface area contributed by atoms with Crippen LogP contribution in [0.3, 0.4) is 0 Å². The number of nitrogens with one attached hydrogen (secondary N) is 1. The predicted octanol–water partition coefficient (Wildman–Crippen LogP) is 4.23. The molecule has 1 fully saturated rings. The van der Waals surface area contributed by atoms with E-state index < -0.39 is 23.5 Å². The maximum absolute atomic E-state index is 13.3. The Bertz CT molecular complexity index is 700. The summed E-state index contributed by atoms with van der Waals surface area (Å²) >= 11 is 4.63. The quantitative estimate of drug-likeness (QED) is 0.779. The van der Waals surface area contributed by atoms with E-state index >= 15 is 0 Å². The van der Waals surface area contributed by atoms with Crippen LogP contribution in [-0.2, 0) is 6.18 Å². The first kappa shape index (κ1) is 17.7. The molecule has 3 rings (SSSR count). The molecule has 1 atom stereocenters. The molecule has 0 bridgehead atoms. The summed E-state index contributed by atoms with van der Waals surface area (Å²) in [4.78, 5) is 3.02. The number of aromatic hydroxyl groups is 1. The van der Waals surface area contributed by atoms with Crippen LogP contribution >= 0.6 is 27.3 Å². The molecule has 0 radical (unpaired) electrons. The van der Waals surface area contributed by atoms with Crippen LogP contribution in [0.2, 0.25) is 0 Å². The van der Waals surface area contributed by atoms with Gasteiger partial charge in [-0.1, -0.05) is 22.0 Å². The highest BCUT2D eigenvalue weighted by atomic mass is 79.9. The minimum atomic E-state index is -4.61. The van der Waals surface area contributed by atoms with Gasteiger partial charge in [0.25, 0.3) is 0 Å². The van der Waals surface area contributed by atoms with Gasteiger partial charge in [-0.05, 0) is 23.6 Å². The number of benzene rings is 1. The maximum Gasteiger partial charge on any atom is 0.420 e. The third-order valence-corrected chi connectivity index (χ3v) is 5.42. The number of nitrogens with zero attached hydrogens (tertiary/aromatic N) is 1. The van der Waals surface area contributed by atoms with Crippen molar-refractivity contribution in [3.63, 3.8) is 0 Å². The second kappa shape index (κ2) is 7.03. The highest BCUT2D eigenvalue weighted by Gasteiger charge is 2.37. The standard InChI is InChI=1S/C16H16BrF3N2OS/c17-10-8-11(15(23)12(9-10)16(18,19)20)14(13-2-1-7-24-13)22-5-3-21-4-6-22/h1-2,7-9,14,21,23H,3-6H2/t14-/m0/s1. The number of hydrogen-bond acceptors (Lipinski definition) is 4. The average Bonchev–Trinajstić information content (AvgIpc) is 3.04. The highest BCUT2D eigenvalue weighted by Crippen LogP contribution is 2.44. The van der Waals surface area contributed by atoms with E-state index in [9.17, 15) is 18.3 Å². The summed E-state index contributed by atoms with van der Waals surface area (Å²) in [6.07, 6.45) is -4.61. The summed E-state index contributed by atoms with van der Waals surface area (Å²) < 4.78 is 40.1. The summed E-state index contributed by atoms with van der Waals surface area (Å²) in [7, 11) is 0. The van der Waals surface area contributed by atoms with Crippen molar-refractivity contribution in [2.75, 3.05) is 26.2 Å². The fourth-order valence-electron chi connectivity index (χ4n) is 2.96. The molecule has 0 unspecified atom stereocenters. The lowest BCUT2D eigenvalue weighted by atomic mass is 9.98. The summed E-state index contributed by atoms with van der Waals surface area (Å²) in [6.45, 7) is 2.94. The normalized spacial score (nSPS) is 17.8. The zero-order valence-corrected chi connectivity index (χ0v) is 15.0. The Morgan fingerprint density at radius 1 is 1.25 bits per heavy atom. The molecule has 24 heavy (non-hydrogen) atoms. The zero-order valence-electron chi connectivity index (χ0n) is 12.6. The Morgan fingerprint density at radius 2 is 1.96 bits per heavy atom. The molecule has 1 aliphatic heterocycles. The molecule has 1 saturated heterocycles. The minimum absolute atomic E-state index is 0.279. The van der Waals surface area contributed by atoms with Crippen LogP contribution in [0.15, 0.2) is 34.1 Å².